The molecule has 0 unspecified atom stereocenters. The summed E-state index contributed by atoms with van der Waals surface area (Å²) in [5.74, 6) is -1.02. The van der Waals surface area contributed by atoms with Crippen molar-refractivity contribution in [2.45, 2.75) is 12.8 Å². The summed E-state index contributed by atoms with van der Waals surface area (Å²) >= 11 is 0. The molecule has 0 atom stereocenters. The zero-order valence-electron chi connectivity index (χ0n) is 11.3. The molecule has 0 saturated carbocycles. The van der Waals surface area contributed by atoms with Crippen LogP contribution < -0.4 is 4.90 Å². The maximum atomic E-state index is 12.5. The number of hydrogen-bond donors (Lipinski definition) is 1. The Morgan fingerprint density at radius 3 is 2.85 bits per heavy atom. The first-order chi connectivity index (χ1) is 9.63. The van der Waals surface area contributed by atoms with Crippen molar-refractivity contribution in [2.75, 3.05) is 24.5 Å². The quantitative estimate of drug-likeness (QED) is 0.856. The van der Waals surface area contributed by atoms with Crippen LogP contribution in [0.5, 0.6) is 0 Å². The van der Waals surface area contributed by atoms with Gasteiger partial charge in [0.2, 0.25) is 0 Å². The number of urea groups is 1. The molecule has 106 valence electrons. The molecule has 0 aliphatic carbocycles. The minimum absolute atomic E-state index is 0.226. The summed E-state index contributed by atoms with van der Waals surface area (Å²) in [6, 6.07) is 7.47. The molecule has 1 heterocycles. The molecular weight excluding hydrogens is 256 g/mol. The molecule has 0 radical (unpaired) electrons. The van der Waals surface area contributed by atoms with Gasteiger partial charge in [0.25, 0.3) is 0 Å². The molecular formula is C15H18N2O3. The largest absolute Gasteiger partial charge is 0.480 e. The number of rotatable bonds is 4. The van der Waals surface area contributed by atoms with Gasteiger partial charge in [-0.3, -0.25) is 9.69 Å². The Kier molecular flexibility index (Phi) is 4.40. The van der Waals surface area contributed by atoms with Crippen LogP contribution in [0.15, 0.2) is 36.9 Å². The number of amides is 2. The van der Waals surface area contributed by atoms with E-state index in [1.165, 1.54) is 11.0 Å². The lowest BCUT2D eigenvalue weighted by molar-refractivity contribution is -0.137. The molecule has 1 N–H and O–H groups in total. The molecule has 0 bridgehead atoms. The number of fused-ring (bicyclic) bond motifs is 1. The number of para-hydroxylation sites is 1. The molecule has 1 aliphatic rings. The summed E-state index contributed by atoms with van der Waals surface area (Å²) in [5.41, 5.74) is 2.00. The lowest BCUT2D eigenvalue weighted by Gasteiger charge is -2.33. The highest BCUT2D eigenvalue weighted by Crippen LogP contribution is 2.27. The number of hydrogen-bond acceptors (Lipinski definition) is 2. The standard InChI is InChI=1S/C15H18N2O3/c1-2-9-16(11-14(18)19)15(20)17-10-5-7-12-6-3-4-8-13(12)17/h2-4,6,8H,1,5,7,9-11H2,(H,18,19). The van der Waals surface area contributed by atoms with E-state index in [1.54, 1.807) is 4.90 Å². The van der Waals surface area contributed by atoms with E-state index >= 15 is 0 Å². The van der Waals surface area contributed by atoms with E-state index in [4.69, 9.17) is 5.11 Å². The van der Waals surface area contributed by atoms with Crippen LogP contribution in [0.4, 0.5) is 10.5 Å². The summed E-state index contributed by atoms with van der Waals surface area (Å²) in [4.78, 5) is 26.3. The molecule has 0 saturated heterocycles. The Morgan fingerprint density at radius 2 is 2.15 bits per heavy atom. The molecule has 2 amide bonds. The highest BCUT2D eigenvalue weighted by molar-refractivity contribution is 5.94. The van der Waals surface area contributed by atoms with Crippen molar-refractivity contribution in [3.8, 4) is 0 Å². The van der Waals surface area contributed by atoms with Gasteiger partial charge in [-0.1, -0.05) is 24.3 Å². The predicted molar refractivity (Wildman–Crippen MR) is 76.9 cm³/mol. The Labute approximate surface area is 118 Å². The minimum Gasteiger partial charge on any atom is -0.480 e. The molecule has 5 nitrogen and oxygen atoms in total. The number of carbonyl (C=O) groups is 2. The van der Waals surface area contributed by atoms with Gasteiger partial charge >= 0.3 is 12.0 Å². The number of anilines is 1. The molecule has 2 rings (SSSR count). The van der Waals surface area contributed by atoms with Gasteiger partial charge in [-0.05, 0) is 24.5 Å². The third-order valence-corrected chi connectivity index (χ3v) is 3.29. The van der Waals surface area contributed by atoms with Crippen LogP contribution in [0.25, 0.3) is 0 Å². The van der Waals surface area contributed by atoms with Crippen LogP contribution >= 0.6 is 0 Å². The summed E-state index contributed by atoms with van der Waals surface area (Å²) in [7, 11) is 0. The molecule has 1 aromatic carbocycles. The van der Waals surface area contributed by atoms with Gasteiger partial charge in [-0.2, -0.15) is 0 Å². The molecule has 0 fully saturated rings. The van der Waals surface area contributed by atoms with Crippen molar-refractivity contribution in [1.82, 2.24) is 4.90 Å². The van der Waals surface area contributed by atoms with E-state index in [9.17, 15) is 9.59 Å². The van der Waals surface area contributed by atoms with Crippen molar-refractivity contribution in [1.29, 1.82) is 0 Å². The summed E-state index contributed by atoms with van der Waals surface area (Å²) in [6.07, 6.45) is 3.37. The van der Waals surface area contributed by atoms with Gasteiger partial charge in [-0.15, -0.1) is 6.58 Å². The topological polar surface area (TPSA) is 60.9 Å². The smallest absolute Gasteiger partial charge is 0.325 e. The van der Waals surface area contributed by atoms with Gasteiger partial charge in [-0.25, -0.2) is 4.79 Å². The Morgan fingerprint density at radius 1 is 1.40 bits per heavy atom. The van der Waals surface area contributed by atoms with Crippen LogP contribution in [0.3, 0.4) is 0 Å². The number of nitrogens with zero attached hydrogens (tertiary/aromatic N) is 2. The van der Waals surface area contributed by atoms with E-state index in [0.29, 0.717) is 6.54 Å². The van der Waals surface area contributed by atoms with E-state index in [1.807, 2.05) is 24.3 Å². The van der Waals surface area contributed by atoms with E-state index in [-0.39, 0.29) is 19.1 Å². The summed E-state index contributed by atoms with van der Waals surface area (Å²) < 4.78 is 0. The van der Waals surface area contributed by atoms with Gasteiger partial charge in [0.1, 0.15) is 6.54 Å². The van der Waals surface area contributed by atoms with Crippen molar-refractivity contribution in [2.24, 2.45) is 0 Å². The van der Waals surface area contributed by atoms with Gasteiger partial charge < -0.3 is 10.0 Å². The first kappa shape index (κ1) is 14.1. The van der Waals surface area contributed by atoms with Crippen molar-refractivity contribution < 1.29 is 14.7 Å². The van der Waals surface area contributed by atoms with E-state index in [0.717, 1.165) is 24.1 Å². The van der Waals surface area contributed by atoms with Crippen LogP contribution in [0.2, 0.25) is 0 Å². The highest BCUT2D eigenvalue weighted by atomic mass is 16.4. The Balaban J connectivity index is 2.23. The lowest BCUT2D eigenvalue weighted by atomic mass is 10.0. The fraction of sp³-hybridized carbons (Fsp3) is 0.333. The van der Waals surface area contributed by atoms with Crippen LogP contribution in [0, 0.1) is 0 Å². The van der Waals surface area contributed by atoms with Crippen LogP contribution in [-0.2, 0) is 11.2 Å². The molecule has 1 aliphatic heterocycles. The van der Waals surface area contributed by atoms with Crippen LogP contribution in [0.1, 0.15) is 12.0 Å². The van der Waals surface area contributed by atoms with Crippen LogP contribution in [-0.4, -0.2) is 41.6 Å². The fourth-order valence-corrected chi connectivity index (χ4v) is 2.43. The zero-order chi connectivity index (χ0) is 14.5. The zero-order valence-corrected chi connectivity index (χ0v) is 11.3. The summed E-state index contributed by atoms with van der Waals surface area (Å²) in [5, 5.41) is 8.91. The first-order valence-electron chi connectivity index (χ1n) is 6.60. The number of aryl methyl sites for hydroxylation is 1. The Hall–Kier alpha value is -2.30. The molecule has 0 aromatic heterocycles. The minimum atomic E-state index is -1.02. The van der Waals surface area contributed by atoms with Gasteiger partial charge in [0, 0.05) is 18.8 Å². The highest BCUT2D eigenvalue weighted by Gasteiger charge is 2.26. The molecule has 1 aromatic rings. The number of benzene rings is 1. The molecule has 5 heteroatoms. The van der Waals surface area contributed by atoms with Gasteiger partial charge in [0.15, 0.2) is 0 Å². The lowest BCUT2D eigenvalue weighted by Crippen LogP contribution is -2.47. The van der Waals surface area contributed by atoms with Crippen molar-refractivity contribution >= 4 is 17.7 Å². The van der Waals surface area contributed by atoms with Crippen molar-refractivity contribution in [3.63, 3.8) is 0 Å². The number of carboxylic acid groups (broad SMARTS) is 1. The number of carbonyl (C=O) groups excluding carboxylic acids is 1. The molecule has 20 heavy (non-hydrogen) atoms. The van der Waals surface area contributed by atoms with E-state index < -0.39 is 5.97 Å². The number of aliphatic carboxylic acids is 1. The maximum absolute atomic E-state index is 12.5. The average Bonchev–Trinajstić information content (AvgIpc) is 2.45. The second-order valence-electron chi connectivity index (χ2n) is 4.73. The predicted octanol–water partition coefficient (Wildman–Crippen LogP) is 2.13. The van der Waals surface area contributed by atoms with E-state index in [2.05, 4.69) is 6.58 Å². The fourth-order valence-electron chi connectivity index (χ4n) is 2.43. The average molecular weight is 274 g/mol. The van der Waals surface area contributed by atoms with Crippen molar-refractivity contribution in [3.05, 3.63) is 42.5 Å². The monoisotopic (exact) mass is 274 g/mol. The molecule has 0 spiro atoms. The number of carboxylic acids is 1. The normalized spacial score (nSPS) is 13.5. The second kappa shape index (κ2) is 6.23. The van der Waals surface area contributed by atoms with Gasteiger partial charge in [0.05, 0.1) is 0 Å². The summed E-state index contributed by atoms with van der Waals surface area (Å²) in [6.45, 7) is 4.10. The third-order valence-electron chi connectivity index (χ3n) is 3.29. The maximum Gasteiger partial charge on any atom is 0.325 e. The second-order valence-corrected chi connectivity index (χ2v) is 4.73. The first-order valence-corrected chi connectivity index (χ1v) is 6.60. The SMILES string of the molecule is C=CCN(CC(=O)O)C(=O)N1CCCc2ccccc21. The third kappa shape index (κ3) is 2.99. The Bertz CT molecular complexity index is 528.